The molecule has 0 aromatic heterocycles. The number of hydrogen-bond acceptors (Lipinski definition) is 15. The van der Waals surface area contributed by atoms with Gasteiger partial charge in [0.25, 0.3) is 0 Å². The van der Waals surface area contributed by atoms with E-state index >= 15 is 0 Å². The zero-order valence-electron chi connectivity index (χ0n) is 65.2. The molecule has 0 amide bonds. The van der Waals surface area contributed by atoms with E-state index in [9.17, 15) is 43.2 Å². The van der Waals surface area contributed by atoms with Crippen molar-refractivity contribution < 1.29 is 80.2 Å². The first-order valence-corrected chi connectivity index (χ1v) is 43.4. The third-order valence-electron chi connectivity index (χ3n) is 16.6. The highest BCUT2D eigenvalue weighted by Gasteiger charge is 2.30. The number of aliphatic hydroxyl groups is 1. The molecule has 0 saturated heterocycles. The molecular weight excluding hydrogens is 1350 g/mol. The smallest absolute Gasteiger partial charge is 0.462 e. The predicted molar refractivity (Wildman–Crippen MR) is 427 cm³/mol. The minimum atomic E-state index is -4.99. The average molecular weight is 1500 g/mol. The van der Waals surface area contributed by atoms with Crippen LogP contribution in [-0.4, -0.2) is 96.7 Å². The Bertz CT molecular complexity index is 2490. The highest BCUT2D eigenvalue weighted by molar-refractivity contribution is 7.47. The van der Waals surface area contributed by atoms with E-state index in [0.29, 0.717) is 25.7 Å². The molecule has 0 heterocycles. The van der Waals surface area contributed by atoms with Gasteiger partial charge in [0, 0.05) is 25.7 Å². The van der Waals surface area contributed by atoms with Crippen LogP contribution in [0.3, 0.4) is 0 Å². The molecule has 0 aromatic rings. The molecule has 0 aliphatic carbocycles. The fourth-order valence-electron chi connectivity index (χ4n) is 10.5. The van der Waals surface area contributed by atoms with E-state index in [2.05, 4.69) is 161 Å². The van der Waals surface area contributed by atoms with Crippen LogP contribution in [-0.2, 0) is 65.4 Å². The lowest BCUT2D eigenvalue weighted by Gasteiger charge is -2.21. The molecule has 104 heavy (non-hydrogen) atoms. The van der Waals surface area contributed by atoms with Gasteiger partial charge in [-0.15, -0.1) is 0 Å². The van der Waals surface area contributed by atoms with Crippen LogP contribution in [0.1, 0.15) is 323 Å². The number of carbonyl (C=O) groups is 4. The van der Waals surface area contributed by atoms with Crippen molar-refractivity contribution in [3.8, 4) is 0 Å². The van der Waals surface area contributed by atoms with Crippen molar-refractivity contribution in [3.63, 3.8) is 0 Å². The van der Waals surface area contributed by atoms with E-state index in [1.54, 1.807) is 0 Å². The summed E-state index contributed by atoms with van der Waals surface area (Å²) in [5.41, 5.74) is 0. The van der Waals surface area contributed by atoms with Gasteiger partial charge in [-0.05, 0) is 161 Å². The lowest BCUT2D eigenvalue weighted by Crippen LogP contribution is -2.30. The molecule has 0 aliphatic heterocycles. The number of ether oxygens (including phenoxy) is 4. The van der Waals surface area contributed by atoms with Crippen molar-refractivity contribution in [1.29, 1.82) is 0 Å². The predicted octanol–water partition coefficient (Wildman–Crippen LogP) is 23.7. The Morgan fingerprint density at radius 3 is 0.817 bits per heavy atom. The molecule has 0 spiro atoms. The maximum Gasteiger partial charge on any atom is 0.472 e. The molecule has 596 valence electrons. The topological polar surface area (TPSA) is 237 Å². The minimum absolute atomic E-state index is 0.0731. The summed E-state index contributed by atoms with van der Waals surface area (Å²) in [4.78, 5) is 73.0. The summed E-state index contributed by atoms with van der Waals surface area (Å²) in [6.07, 6.45) is 85.7. The number of hydrogen-bond donors (Lipinski definition) is 3. The summed E-state index contributed by atoms with van der Waals surface area (Å²) in [6.45, 7) is 4.54. The van der Waals surface area contributed by atoms with Gasteiger partial charge < -0.3 is 33.8 Å². The van der Waals surface area contributed by atoms with E-state index in [4.69, 9.17) is 37.0 Å². The van der Waals surface area contributed by atoms with Crippen molar-refractivity contribution in [2.75, 3.05) is 39.6 Å². The van der Waals surface area contributed by atoms with Crippen LogP contribution in [0.2, 0.25) is 0 Å². The third kappa shape index (κ3) is 75.4. The Labute approximate surface area is 631 Å². The van der Waals surface area contributed by atoms with Crippen LogP contribution >= 0.6 is 15.6 Å². The van der Waals surface area contributed by atoms with E-state index in [1.165, 1.54) is 44.9 Å². The molecule has 0 saturated carbocycles. The van der Waals surface area contributed by atoms with Crippen LogP contribution in [0.15, 0.2) is 134 Å². The van der Waals surface area contributed by atoms with Gasteiger partial charge in [-0.3, -0.25) is 37.3 Å². The molecule has 5 atom stereocenters. The zero-order chi connectivity index (χ0) is 76.0. The van der Waals surface area contributed by atoms with Crippen LogP contribution in [0.25, 0.3) is 0 Å². The summed E-state index contributed by atoms with van der Waals surface area (Å²) < 4.78 is 68.6. The summed E-state index contributed by atoms with van der Waals surface area (Å²) >= 11 is 0. The number of phosphoric acid groups is 2. The maximum absolute atomic E-state index is 13.1. The second-order valence-electron chi connectivity index (χ2n) is 26.6. The first-order chi connectivity index (χ1) is 50.7. The fourth-order valence-corrected chi connectivity index (χ4v) is 12.0. The van der Waals surface area contributed by atoms with Gasteiger partial charge in [0.15, 0.2) is 12.2 Å². The average Bonchev–Trinajstić information content (AvgIpc) is 0.916. The summed E-state index contributed by atoms with van der Waals surface area (Å²) in [6, 6.07) is 0. The van der Waals surface area contributed by atoms with Crippen molar-refractivity contribution in [2.45, 2.75) is 341 Å². The number of carbonyl (C=O) groups excluding carboxylic acids is 4. The lowest BCUT2D eigenvalue weighted by atomic mass is 10.1. The first kappa shape index (κ1) is 99.2. The molecule has 0 bridgehead atoms. The quantitative estimate of drug-likeness (QED) is 0.0169. The summed E-state index contributed by atoms with van der Waals surface area (Å²) in [7, 11) is -9.98. The Hall–Kier alpha value is -4.80. The molecule has 0 aromatic carbocycles. The number of allylic oxidation sites excluding steroid dienone is 22. The zero-order valence-corrected chi connectivity index (χ0v) is 66.9. The Morgan fingerprint density at radius 2 is 0.500 bits per heavy atom. The molecule has 0 aliphatic rings. The molecule has 0 rings (SSSR count). The van der Waals surface area contributed by atoms with Crippen LogP contribution in [0.5, 0.6) is 0 Å². The summed E-state index contributed by atoms with van der Waals surface area (Å²) in [5, 5.41) is 10.6. The monoisotopic (exact) mass is 1500 g/mol. The van der Waals surface area contributed by atoms with Gasteiger partial charge in [0.1, 0.15) is 19.3 Å². The van der Waals surface area contributed by atoms with Gasteiger partial charge >= 0.3 is 39.5 Å². The molecule has 3 N–H and O–H groups in total. The van der Waals surface area contributed by atoms with Crippen LogP contribution in [0.4, 0.5) is 0 Å². The van der Waals surface area contributed by atoms with E-state index in [-0.39, 0.29) is 25.7 Å². The van der Waals surface area contributed by atoms with Gasteiger partial charge in [-0.1, -0.05) is 271 Å². The SMILES string of the molecule is CC/C=C\C/C=C\C/C=C\C/C=C\CCCCC(=O)OCC(COP(=O)(O)OCC(O)COP(=O)(O)OCC(COC(=O)CCCCCCCC/C=C\C/C=C\C/C=C\CCCCC)OC(=O)CCCCCCCCC/C=C\C/C=C\C/C=C\CC)OC(=O)CCCCCCC/C=C\CCCCCC. The standard InChI is InChI=1S/C85H144O17P2/c1-5-9-13-17-21-25-29-33-36-38-39-41-43-47-50-54-58-62-66-70-83(88)96-76-81(102-85(90)72-68-64-60-56-52-48-44-40-37-34-30-26-22-18-14-10-6-2)78-100-104(93,94)98-74-79(86)73-97-103(91,92)99-77-80(101-84(89)71-67-63-59-55-51-45-32-28-24-20-16-12-8-4)75-95-82(87)69-65-61-57-53-49-46-42-35-31-27-23-19-15-11-7-3/h10-11,14-15,21-23,25-28,32-37,39,41-42,49,53,79-81,86H,5-9,12-13,16-20,24,29-31,38,40,43-48,50-52,54-78H2,1-4H3,(H,91,92)(H,93,94)/b14-10-,15-11-,25-21-,26-22-,27-23-,32-28-,36-33-,37-34-,41-39-,42-35-,53-49-. The Balaban J connectivity index is 5.41. The van der Waals surface area contributed by atoms with Crippen molar-refractivity contribution in [3.05, 3.63) is 134 Å². The lowest BCUT2D eigenvalue weighted by molar-refractivity contribution is -0.161. The van der Waals surface area contributed by atoms with E-state index in [0.717, 1.165) is 199 Å². The maximum atomic E-state index is 13.1. The second kappa shape index (κ2) is 76.4. The molecule has 5 unspecified atom stereocenters. The minimum Gasteiger partial charge on any atom is -0.462 e. The van der Waals surface area contributed by atoms with Gasteiger partial charge in [0.05, 0.1) is 26.4 Å². The van der Waals surface area contributed by atoms with Gasteiger partial charge in [-0.25, -0.2) is 9.13 Å². The molecule has 0 fully saturated rings. The number of rotatable bonds is 75. The Morgan fingerprint density at radius 1 is 0.279 bits per heavy atom. The van der Waals surface area contributed by atoms with Crippen LogP contribution in [0, 0.1) is 0 Å². The largest absolute Gasteiger partial charge is 0.472 e. The van der Waals surface area contributed by atoms with E-state index < -0.39 is 97.5 Å². The molecular formula is C85H144O17P2. The Kier molecular flexibility index (Phi) is 72.9. The van der Waals surface area contributed by atoms with Crippen molar-refractivity contribution in [1.82, 2.24) is 0 Å². The second-order valence-corrected chi connectivity index (χ2v) is 29.5. The first-order valence-electron chi connectivity index (χ1n) is 40.4. The summed E-state index contributed by atoms with van der Waals surface area (Å²) in [5.74, 6) is -2.25. The number of phosphoric ester groups is 2. The number of esters is 4. The number of unbranched alkanes of at least 4 members (excludes halogenated alkanes) is 27. The van der Waals surface area contributed by atoms with E-state index in [1.807, 2.05) is 0 Å². The third-order valence-corrected chi connectivity index (χ3v) is 18.5. The van der Waals surface area contributed by atoms with Gasteiger partial charge in [-0.2, -0.15) is 0 Å². The van der Waals surface area contributed by atoms with Gasteiger partial charge in [0.2, 0.25) is 0 Å². The van der Waals surface area contributed by atoms with Crippen molar-refractivity contribution >= 4 is 39.5 Å². The highest BCUT2D eigenvalue weighted by atomic mass is 31.2. The van der Waals surface area contributed by atoms with Crippen molar-refractivity contribution in [2.24, 2.45) is 0 Å². The molecule has 0 radical (unpaired) electrons. The normalized spacial score (nSPS) is 14.6. The molecule has 17 nitrogen and oxygen atoms in total. The fraction of sp³-hybridized carbons (Fsp3) is 0.694. The highest BCUT2D eigenvalue weighted by Crippen LogP contribution is 2.45. The molecule has 19 heteroatoms. The number of aliphatic hydroxyl groups excluding tert-OH is 1. The van der Waals surface area contributed by atoms with Crippen LogP contribution < -0.4 is 0 Å².